The van der Waals surface area contributed by atoms with Crippen molar-refractivity contribution >= 4 is 0 Å². The van der Waals surface area contributed by atoms with Crippen LogP contribution in [0.3, 0.4) is 0 Å². The Bertz CT molecular complexity index is 442. The summed E-state index contributed by atoms with van der Waals surface area (Å²) in [6.45, 7) is 9.21. The molecular weight excluding hydrogens is 258 g/mol. The minimum absolute atomic E-state index is 0.212. The van der Waals surface area contributed by atoms with Crippen LogP contribution in [0.4, 0.5) is 0 Å². The first kappa shape index (κ1) is 16.4. The van der Waals surface area contributed by atoms with E-state index in [4.69, 9.17) is 10.7 Å². The normalized spacial score (nSPS) is 24.8. The molecule has 1 saturated carbocycles. The molecule has 3 heteroatoms. The molecule has 0 bridgehead atoms. The molecule has 1 heterocycles. The molecule has 0 amide bonds. The lowest BCUT2D eigenvalue weighted by molar-refractivity contribution is 0.167. The fraction of sp³-hybridized carbons (Fsp3) is 0.778. The molecule has 1 aliphatic rings. The zero-order chi connectivity index (χ0) is 15.5. The number of aromatic nitrogens is 2. The first-order valence-corrected chi connectivity index (χ1v) is 8.47. The molecule has 0 aromatic carbocycles. The maximum atomic E-state index is 6.04. The van der Waals surface area contributed by atoms with Crippen LogP contribution >= 0.6 is 0 Å². The molecule has 2 rings (SSSR count). The van der Waals surface area contributed by atoms with E-state index in [9.17, 15) is 0 Å². The molecule has 118 valence electrons. The van der Waals surface area contributed by atoms with Crippen molar-refractivity contribution < 1.29 is 0 Å². The van der Waals surface area contributed by atoms with Crippen LogP contribution in [0.2, 0.25) is 0 Å². The number of hydrogen-bond acceptors (Lipinski definition) is 3. The van der Waals surface area contributed by atoms with Gasteiger partial charge in [0.15, 0.2) is 0 Å². The van der Waals surface area contributed by atoms with Gasteiger partial charge >= 0.3 is 0 Å². The fourth-order valence-corrected chi connectivity index (χ4v) is 3.35. The number of nitrogens with zero attached hydrogens (tertiary/aromatic N) is 2. The van der Waals surface area contributed by atoms with Gasteiger partial charge in [-0.15, -0.1) is 0 Å². The van der Waals surface area contributed by atoms with Crippen LogP contribution in [0.15, 0.2) is 12.3 Å². The van der Waals surface area contributed by atoms with Crippen molar-refractivity contribution in [1.82, 2.24) is 9.97 Å². The zero-order valence-electron chi connectivity index (χ0n) is 14.1. The summed E-state index contributed by atoms with van der Waals surface area (Å²) in [5.74, 6) is 2.43. The second-order valence-electron chi connectivity index (χ2n) is 7.69. The second-order valence-corrected chi connectivity index (χ2v) is 7.69. The molecule has 21 heavy (non-hydrogen) atoms. The summed E-state index contributed by atoms with van der Waals surface area (Å²) in [6, 6.07) is 2.23. The molecule has 1 aliphatic carbocycles. The number of rotatable bonds is 4. The molecule has 3 nitrogen and oxygen atoms in total. The number of hydrogen-bond donors (Lipinski definition) is 1. The highest BCUT2D eigenvalue weighted by molar-refractivity contribution is 5.08. The Morgan fingerprint density at radius 3 is 2.48 bits per heavy atom. The maximum absolute atomic E-state index is 6.04. The smallest absolute Gasteiger partial charge is 0.131 e. The minimum Gasteiger partial charge on any atom is -0.327 e. The van der Waals surface area contributed by atoms with Gasteiger partial charge < -0.3 is 5.73 Å². The van der Waals surface area contributed by atoms with Crippen LogP contribution in [0.25, 0.3) is 0 Å². The Labute approximate surface area is 129 Å². The summed E-state index contributed by atoms with van der Waals surface area (Å²) in [4.78, 5) is 9.31. The predicted molar refractivity (Wildman–Crippen MR) is 88.2 cm³/mol. The Kier molecular flexibility index (Phi) is 5.37. The van der Waals surface area contributed by atoms with Crippen molar-refractivity contribution in [2.45, 2.75) is 78.2 Å². The van der Waals surface area contributed by atoms with Gasteiger partial charge in [0.1, 0.15) is 5.82 Å². The van der Waals surface area contributed by atoms with Crippen LogP contribution in [0.1, 0.15) is 77.2 Å². The van der Waals surface area contributed by atoms with E-state index < -0.39 is 0 Å². The van der Waals surface area contributed by atoms with Gasteiger partial charge in [0, 0.05) is 30.3 Å². The molecule has 0 spiro atoms. The maximum Gasteiger partial charge on any atom is 0.131 e. The van der Waals surface area contributed by atoms with E-state index in [1.54, 1.807) is 0 Å². The Morgan fingerprint density at radius 2 is 1.90 bits per heavy atom. The van der Waals surface area contributed by atoms with Crippen molar-refractivity contribution in [1.29, 1.82) is 0 Å². The summed E-state index contributed by atoms with van der Waals surface area (Å²) >= 11 is 0. The highest BCUT2D eigenvalue weighted by Gasteiger charge is 2.31. The standard InChI is InChI=1S/C18H31N3/c1-5-15(19)12-16-10-11-20-17(21-16)13-6-8-14(9-7-13)18(2,3)4/h10-11,13-15H,5-9,12,19H2,1-4H3. The predicted octanol–water partition coefficient (Wildman–Crippen LogP) is 4.08. The summed E-state index contributed by atoms with van der Waals surface area (Å²) < 4.78 is 0. The van der Waals surface area contributed by atoms with Crippen LogP contribution in [-0.4, -0.2) is 16.0 Å². The van der Waals surface area contributed by atoms with Crippen LogP contribution in [-0.2, 0) is 6.42 Å². The lowest BCUT2D eigenvalue weighted by Crippen LogP contribution is -2.26. The third-order valence-electron chi connectivity index (χ3n) is 5.04. The van der Waals surface area contributed by atoms with Gasteiger partial charge in [0.2, 0.25) is 0 Å². The highest BCUT2D eigenvalue weighted by Crippen LogP contribution is 2.42. The van der Waals surface area contributed by atoms with Crippen molar-refractivity contribution in [3.05, 3.63) is 23.8 Å². The lowest BCUT2D eigenvalue weighted by Gasteiger charge is -2.36. The molecule has 1 aromatic rings. The molecule has 1 atom stereocenters. The first-order valence-electron chi connectivity index (χ1n) is 8.47. The van der Waals surface area contributed by atoms with Gasteiger partial charge in [-0.05, 0) is 49.5 Å². The summed E-state index contributed by atoms with van der Waals surface area (Å²) in [5, 5.41) is 0. The average molecular weight is 289 g/mol. The number of nitrogens with two attached hydrogens (primary N) is 1. The van der Waals surface area contributed by atoms with Gasteiger partial charge in [0.25, 0.3) is 0 Å². The van der Waals surface area contributed by atoms with Gasteiger partial charge in [-0.3, -0.25) is 0 Å². The van der Waals surface area contributed by atoms with E-state index >= 15 is 0 Å². The third kappa shape index (κ3) is 4.50. The average Bonchev–Trinajstić information content (AvgIpc) is 2.46. The van der Waals surface area contributed by atoms with E-state index in [-0.39, 0.29) is 6.04 Å². The fourth-order valence-electron chi connectivity index (χ4n) is 3.35. The second kappa shape index (κ2) is 6.87. The third-order valence-corrected chi connectivity index (χ3v) is 5.04. The van der Waals surface area contributed by atoms with Crippen LogP contribution in [0.5, 0.6) is 0 Å². The van der Waals surface area contributed by atoms with Gasteiger partial charge in [-0.2, -0.15) is 0 Å². The Hall–Kier alpha value is -0.960. The van der Waals surface area contributed by atoms with E-state index in [1.807, 2.05) is 12.3 Å². The van der Waals surface area contributed by atoms with E-state index in [0.717, 1.165) is 30.3 Å². The Balaban J connectivity index is 1.99. The highest BCUT2D eigenvalue weighted by atomic mass is 14.9. The van der Waals surface area contributed by atoms with Crippen molar-refractivity contribution in [2.24, 2.45) is 17.1 Å². The summed E-state index contributed by atoms with van der Waals surface area (Å²) in [7, 11) is 0. The summed E-state index contributed by atoms with van der Waals surface area (Å²) in [5.41, 5.74) is 7.58. The van der Waals surface area contributed by atoms with Gasteiger partial charge in [0.05, 0.1) is 0 Å². The SMILES string of the molecule is CCC(N)Cc1ccnc(C2CCC(C(C)(C)C)CC2)n1. The molecule has 2 N–H and O–H groups in total. The molecule has 1 unspecified atom stereocenters. The molecular formula is C18H31N3. The van der Waals surface area contributed by atoms with Crippen molar-refractivity contribution in [2.75, 3.05) is 0 Å². The van der Waals surface area contributed by atoms with E-state index in [1.165, 1.54) is 25.7 Å². The lowest BCUT2D eigenvalue weighted by atomic mass is 9.69. The molecule has 0 saturated heterocycles. The molecule has 0 radical (unpaired) electrons. The van der Waals surface area contributed by atoms with Crippen molar-refractivity contribution in [3.63, 3.8) is 0 Å². The minimum atomic E-state index is 0.212. The largest absolute Gasteiger partial charge is 0.327 e. The quantitative estimate of drug-likeness (QED) is 0.908. The molecule has 1 aromatic heterocycles. The van der Waals surface area contributed by atoms with E-state index in [2.05, 4.69) is 32.7 Å². The molecule has 1 fully saturated rings. The zero-order valence-corrected chi connectivity index (χ0v) is 14.1. The van der Waals surface area contributed by atoms with Crippen LogP contribution in [0, 0.1) is 11.3 Å². The summed E-state index contributed by atoms with van der Waals surface area (Å²) in [6.07, 6.45) is 8.83. The van der Waals surface area contributed by atoms with E-state index in [0.29, 0.717) is 11.3 Å². The van der Waals surface area contributed by atoms with Crippen LogP contribution < -0.4 is 5.73 Å². The van der Waals surface area contributed by atoms with Gasteiger partial charge in [-0.25, -0.2) is 9.97 Å². The molecule has 0 aliphatic heterocycles. The topological polar surface area (TPSA) is 51.8 Å². The Morgan fingerprint density at radius 1 is 1.24 bits per heavy atom. The van der Waals surface area contributed by atoms with Crippen molar-refractivity contribution in [3.8, 4) is 0 Å². The first-order chi connectivity index (χ1) is 9.90. The van der Waals surface area contributed by atoms with Gasteiger partial charge in [-0.1, -0.05) is 27.7 Å². The monoisotopic (exact) mass is 289 g/mol.